The molecule has 0 saturated heterocycles. The maximum atomic E-state index is 12.6. The first-order chi connectivity index (χ1) is 16.0. The van der Waals surface area contributed by atoms with Gasteiger partial charge in [-0.15, -0.1) is 0 Å². The van der Waals surface area contributed by atoms with Gasteiger partial charge in [-0.3, -0.25) is 9.59 Å². The summed E-state index contributed by atoms with van der Waals surface area (Å²) in [5.41, 5.74) is 13.4. The van der Waals surface area contributed by atoms with Gasteiger partial charge in [-0.2, -0.15) is 0 Å². The van der Waals surface area contributed by atoms with Gasteiger partial charge in [0.05, 0.1) is 25.9 Å². The summed E-state index contributed by atoms with van der Waals surface area (Å²) >= 11 is 0. The zero-order valence-corrected chi connectivity index (χ0v) is 19.9. The number of carbonyl (C=O) groups excluding carboxylic acids is 3. The molecule has 0 saturated carbocycles. The van der Waals surface area contributed by atoms with Gasteiger partial charge in [-0.05, 0) is 56.2 Å². The van der Waals surface area contributed by atoms with Gasteiger partial charge < -0.3 is 30.6 Å². The third-order valence-electron chi connectivity index (χ3n) is 4.56. The molecule has 34 heavy (non-hydrogen) atoms. The molecule has 2 rings (SSSR count). The molecule has 0 heterocycles. The van der Waals surface area contributed by atoms with E-state index < -0.39 is 23.6 Å². The SMILES string of the molecule is CC(C)(C)OC(=O)N(CCOC(=O)Cc1ccc(N)cc1)CCOC(=O)Cc1ccc(N)cc1. The molecule has 0 aromatic heterocycles. The van der Waals surface area contributed by atoms with Crippen LogP contribution in [0, 0.1) is 0 Å². The number of ether oxygens (including phenoxy) is 3. The van der Waals surface area contributed by atoms with E-state index in [-0.39, 0.29) is 39.1 Å². The van der Waals surface area contributed by atoms with Crippen LogP contribution in [0.4, 0.5) is 16.2 Å². The Morgan fingerprint density at radius 2 is 1.12 bits per heavy atom. The van der Waals surface area contributed by atoms with Gasteiger partial charge in [-0.1, -0.05) is 24.3 Å². The van der Waals surface area contributed by atoms with Crippen molar-refractivity contribution < 1.29 is 28.6 Å². The predicted molar refractivity (Wildman–Crippen MR) is 129 cm³/mol. The number of hydrogen-bond acceptors (Lipinski definition) is 8. The fourth-order valence-corrected chi connectivity index (χ4v) is 2.87. The van der Waals surface area contributed by atoms with E-state index in [0.717, 1.165) is 11.1 Å². The van der Waals surface area contributed by atoms with Crippen LogP contribution in [0.5, 0.6) is 0 Å². The van der Waals surface area contributed by atoms with Crippen molar-refractivity contribution in [3.63, 3.8) is 0 Å². The molecular formula is C25H33N3O6. The lowest BCUT2D eigenvalue weighted by molar-refractivity contribution is -0.143. The summed E-state index contributed by atoms with van der Waals surface area (Å²) in [6.45, 7) is 5.40. The van der Waals surface area contributed by atoms with Crippen molar-refractivity contribution in [3.8, 4) is 0 Å². The molecule has 1 amide bonds. The number of amides is 1. The van der Waals surface area contributed by atoms with Crippen LogP contribution in [0.3, 0.4) is 0 Å². The van der Waals surface area contributed by atoms with E-state index in [4.69, 9.17) is 25.7 Å². The summed E-state index contributed by atoms with van der Waals surface area (Å²) in [6.07, 6.45) is -0.401. The predicted octanol–water partition coefficient (Wildman–Crippen LogP) is 2.96. The van der Waals surface area contributed by atoms with Gasteiger partial charge in [0.25, 0.3) is 0 Å². The van der Waals surface area contributed by atoms with E-state index in [1.807, 2.05) is 0 Å². The summed E-state index contributed by atoms with van der Waals surface area (Å²) in [5, 5.41) is 0. The highest BCUT2D eigenvalue weighted by atomic mass is 16.6. The Labute approximate surface area is 199 Å². The number of anilines is 2. The number of nitrogens with zero attached hydrogens (tertiary/aromatic N) is 1. The quantitative estimate of drug-likeness (QED) is 0.307. The fourth-order valence-electron chi connectivity index (χ4n) is 2.87. The molecule has 0 aliphatic heterocycles. The molecule has 0 atom stereocenters. The molecule has 2 aromatic rings. The van der Waals surface area contributed by atoms with E-state index in [2.05, 4.69) is 0 Å². The highest BCUT2D eigenvalue weighted by Crippen LogP contribution is 2.11. The van der Waals surface area contributed by atoms with Gasteiger partial charge in [0.1, 0.15) is 18.8 Å². The molecule has 0 spiro atoms. The second kappa shape index (κ2) is 12.5. The minimum Gasteiger partial charge on any atom is -0.464 e. The number of rotatable bonds is 10. The van der Waals surface area contributed by atoms with Crippen molar-refractivity contribution >= 4 is 29.4 Å². The fraction of sp³-hybridized carbons (Fsp3) is 0.400. The minimum absolute atomic E-state index is 0.0214. The Hall–Kier alpha value is -3.75. The third-order valence-corrected chi connectivity index (χ3v) is 4.56. The van der Waals surface area contributed by atoms with Crippen LogP contribution in [-0.2, 0) is 36.6 Å². The van der Waals surface area contributed by atoms with E-state index in [9.17, 15) is 14.4 Å². The van der Waals surface area contributed by atoms with Crippen LogP contribution in [0.25, 0.3) is 0 Å². The lowest BCUT2D eigenvalue weighted by Gasteiger charge is -2.27. The van der Waals surface area contributed by atoms with Crippen molar-refractivity contribution in [3.05, 3.63) is 59.7 Å². The molecule has 184 valence electrons. The van der Waals surface area contributed by atoms with Crippen molar-refractivity contribution in [2.75, 3.05) is 37.8 Å². The first kappa shape index (κ1) is 26.5. The van der Waals surface area contributed by atoms with Gasteiger partial charge >= 0.3 is 18.0 Å². The molecule has 0 aliphatic rings. The average molecular weight is 472 g/mol. The molecule has 0 unspecified atom stereocenters. The van der Waals surface area contributed by atoms with Crippen molar-refractivity contribution in [1.82, 2.24) is 4.90 Å². The molecule has 9 nitrogen and oxygen atoms in total. The number of nitrogen functional groups attached to an aromatic ring is 2. The molecule has 0 aliphatic carbocycles. The molecule has 4 N–H and O–H groups in total. The second-order valence-corrected chi connectivity index (χ2v) is 8.75. The molecule has 0 bridgehead atoms. The maximum Gasteiger partial charge on any atom is 0.410 e. The summed E-state index contributed by atoms with van der Waals surface area (Å²) in [7, 11) is 0. The summed E-state index contributed by atoms with van der Waals surface area (Å²) in [4.78, 5) is 38.1. The highest BCUT2D eigenvalue weighted by Gasteiger charge is 2.22. The van der Waals surface area contributed by atoms with Gasteiger partial charge in [0.15, 0.2) is 0 Å². The van der Waals surface area contributed by atoms with Crippen LogP contribution >= 0.6 is 0 Å². The monoisotopic (exact) mass is 471 g/mol. The first-order valence-electron chi connectivity index (χ1n) is 11.0. The topological polar surface area (TPSA) is 134 Å². The van der Waals surface area contributed by atoms with Crippen molar-refractivity contribution in [2.45, 2.75) is 39.2 Å². The normalized spacial score (nSPS) is 10.9. The smallest absolute Gasteiger partial charge is 0.410 e. The highest BCUT2D eigenvalue weighted by molar-refractivity contribution is 5.73. The van der Waals surface area contributed by atoms with Gasteiger partial charge in [-0.25, -0.2) is 4.79 Å². The standard InChI is InChI=1S/C25H33N3O6/c1-25(2,3)34-24(31)28(12-14-32-22(29)16-18-4-8-20(26)9-5-18)13-15-33-23(30)17-19-6-10-21(27)11-7-19/h4-11H,12-17,26-27H2,1-3H3. The lowest BCUT2D eigenvalue weighted by Crippen LogP contribution is -2.41. The van der Waals surface area contributed by atoms with E-state index in [1.165, 1.54) is 4.90 Å². The van der Waals surface area contributed by atoms with Crippen molar-refractivity contribution in [1.29, 1.82) is 0 Å². The van der Waals surface area contributed by atoms with Crippen molar-refractivity contribution in [2.24, 2.45) is 0 Å². The number of nitrogens with two attached hydrogens (primary N) is 2. The Kier molecular flexibility index (Phi) is 9.73. The Morgan fingerprint density at radius 3 is 1.47 bits per heavy atom. The molecule has 0 fully saturated rings. The summed E-state index contributed by atoms with van der Waals surface area (Å²) in [6, 6.07) is 13.8. The van der Waals surface area contributed by atoms with E-state index in [0.29, 0.717) is 11.4 Å². The Balaban J connectivity index is 1.83. The third kappa shape index (κ3) is 10.2. The number of esters is 2. The zero-order valence-electron chi connectivity index (χ0n) is 19.9. The minimum atomic E-state index is -0.701. The van der Waals surface area contributed by atoms with Crippen LogP contribution in [0.15, 0.2) is 48.5 Å². The van der Waals surface area contributed by atoms with Crippen LogP contribution in [0.1, 0.15) is 31.9 Å². The van der Waals surface area contributed by atoms with Crippen LogP contribution < -0.4 is 11.5 Å². The Bertz CT molecular complexity index is 887. The molecular weight excluding hydrogens is 438 g/mol. The average Bonchev–Trinajstić information content (AvgIpc) is 2.74. The Morgan fingerprint density at radius 1 is 0.735 bits per heavy atom. The van der Waals surface area contributed by atoms with Gasteiger partial charge in [0, 0.05) is 11.4 Å². The van der Waals surface area contributed by atoms with E-state index >= 15 is 0 Å². The zero-order chi connectivity index (χ0) is 25.1. The summed E-state index contributed by atoms with van der Waals surface area (Å²) < 4.78 is 15.9. The number of benzene rings is 2. The first-order valence-corrected chi connectivity index (χ1v) is 11.0. The maximum absolute atomic E-state index is 12.6. The summed E-state index contributed by atoms with van der Waals surface area (Å²) in [5.74, 6) is -0.854. The van der Waals surface area contributed by atoms with E-state index in [1.54, 1.807) is 69.3 Å². The second-order valence-electron chi connectivity index (χ2n) is 8.75. The number of hydrogen-bond donors (Lipinski definition) is 2. The van der Waals surface area contributed by atoms with Crippen LogP contribution in [0.2, 0.25) is 0 Å². The van der Waals surface area contributed by atoms with Gasteiger partial charge in [0.2, 0.25) is 0 Å². The molecule has 2 aromatic carbocycles. The number of carbonyl (C=O) groups is 3. The lowest BCUT2D eigenvalue weighted by atomic mass is 10.1. The molecule has 9 heteroatoms. The van der Waals surface area contributed by atoms with Crippen LogP contribution in [-0.4, -0.2) is 54.8 Å². The molecule has 0 radical (unpaired) electrons. The largest absolute Gasteiger partial charge is 0.464 e.